The van der Waals surface area contributed by atoms with Crippen LogP contribution in [0.3, 0.4) is 0 Å². The van der Waals surface area contributed by atoms with Crippen LogP contribution < -0.4 is 5.43 Å². The lowest BCUT2D eigenvalue weighted by atomic mass is 10.0. The fourth-order valence-electron chi connectivity index (χ4n) is 2.31. The van der Waals surface area contributed by atoms with E-state index in [1.807, 2.05) is 12.1 Å². The van der Waals surface area contributed by atoms with Crippen LogP contribution in [0, 0.1) is 0 Å². The summed E-state index contributed by atoms with van der Waals surface area (Å²) in [5.41, 5.74) is 5.25. The molecule has 3 rings (SSSR count). The van der Waals surface area contributed by atoms with Crippen molar-refractivity contribution in [2.75, 3.05) is 0 Å². The summed E-state index contributed by atoms with van der Waals surface area (Å²) in [6, 6.07) is 14.9. The highest BCUT2D eigenvalue weighted by Crippen LogP contribution is 2.23. The number of furan rings is 1. The summed E-state index contributed by atoms with van der Waals surface area (Å²) in [5.74, 6) is 0.272. The minimum Gasteiger partial charge on any atom is -0.451 e. The molecule has 0 aliphatic heterocycles. The van der Waals surface area contributed by atoms with Crippen LogP contribution in [0.2, 0.25) is 5.02 Å². The predicted octanol–water partition coefficient (Wildman–Crippen LogP) is 4.97. The third-order valence-corrected chi connectivity index (χ3v) is 3.92. The Labute approximate surface area is 145 Å². The SMILES string of the molecule is CC(C)c1ccc(/C=N/NC(=O)c2cc3cc(Cl)ccc3o2)cc1. The lowest BCUT2D eigenvalue weighted by Gasteiger charge is -2.04. The molecule has 1 amide bonds. The third-order valence-electron chi connectivity index (χ3n) is 3.68. The Morgan fingerprint density at radius 2 is 1.92 bits per heavy atom. The van der Waals surface area contributed by atoms with Crippen molar-refractivity contribution in [1.82, 2.24) is 5.43 Å². The number of hydrazone groups is 1. The van der Waals surface area contributed by atoms with E-state index in [1.54, 1.807) is 30.5 Å². The normalized spacial score (nSPS) is 11.5. The molecule has 0 spiro atoms. The van der Waals surface area contributed by atoms with E-state index in [0.29, 0.717) is 16.5 Å². The first-order valence-electron chi connectivity index (χ1n) is 7.65. The zero-order valence-corrected chi connectivity index (χ0v) is 14.2. The molecule has 0 fully saturated rings. The van der Waals surface area contributed by atoms with Gasteiger partial charge in [0.2, 0.25) is 0 Å². The van der Waals surface area contributed by atoms with Gasteiger partial charge >= 0.3 is 5.91 Å². The first-order chi connectivity index (χ1) is 11.5. The van der Waals surface area contributed by atoms with E-state index in [9.17, 15) is 4.79 Å². The number of nitrogens with zero attached hydrogens (tertiary/aromatic N) is 1. The number of carbonyl (C=O) groups excluding carboxylic acids is 1. The second-order valence-corrected chi connectivity index (χ2v) is 6.25. The van der Waals surface area contributed by atoms with Gasteiger partial charge in [0.25, 0.3) is 0 Å². The summed E-state index contributed by atoms with van der Waals surface area (Å²) >= 11 is 5.92. The fraction of sp³-hybridized carbons (Fsp3) is 0.158. The summed E-state index contributed by atoms with van der Waals surface area (Å²) in [4.78, 5) is 12.1. The molecule has 1 aromatic heterocycles. The third kappa shape index (κ3) is 3.66. The molecular weight excluding hydrogens is 324 g/mol. The van der Waals surface area contributed by atoms with E-state index in [-0.39, 0.29) is 5.76 Å². The van der Waals surface area contributed by atoms with Gasteiger partial charge in [-0.1, -0.05) is 49.7 Å². The van der Waals surface area contributed by atoms with Crippen molar-refractivity contribution in [1.29, 1.82) is 0 Å². The number of nitrogens with one attached hydrogen (secondary N) is 1. The Balaban J connectivity index is 1.67. The zero-order chi connectivity index (χ0) is 17.1. The van der Waals surface area contributed by atoms with Gasteiger partial charge in [-0.2, -0.15) is 5.10 Å². The number of halogens is 1. The molecule has 1 heterocycles. The fourth-order valence-corrected chi connectivity index (χ4v) is 2.49. The van der Waals surface area contributed by atoms with Gasteiger partial charge in [0.1, 0.15) is 5.58 Å². The van der Waals surface area contributed by atoms with Gasteiger partial charge in [-0.3, -0.25) is 4.79 Å². The average molecular weight is 341 g/mol. The van der Waals surface area contributed by atoms with Gasteiger partial charge in [-0.15, -0.1) is 0 Å². The standard InChI is InChI=1S/C19H17ClN2O2/c1-12(2)14-5-3-13(4-6-14)11-21-22-19(23)18-10-15-9-16(20)7-8-17(15)24-18/h3-12H,1-2H3,(H,22,23)/b21-11+. The van der Waals surface area contributed by atoms with Crippen molar-refractivity contribution in [2.24, 2.45) is 5.10 Å². The summed E-state index contributed by atoms with van der Waals surface area (Å²) in [7, 11) is 0. The average Bonchev–Trinajstić information content (AvgIpc) is 2.98. The summed E-state index contributed by atoms with van der Waals surface area (Å²) in [6.07, 6.45) is 1.60. The number of benzene rings is 2. The monoisotopic (exact) mass is 340 g/mol. The van der Waals surface area contributed by atoms with Crippen LogP contribution in [0.4, 0.5) is 0 Å². The molecule has 0 saturated heterocycles. The molecule has 0 saturated carbocycles. The first-order valence-corrected chi connectivity index (χ1v) is 8.03. The molecule has 0 atom stereocenters. The highest BCUT2D eigenvalue weighted by molar-refractivity contribution is 6.31. The highest BCUT2D eigenvalue weighted by Gasteiger charge is 2.11. The quantitative estimate of drug-likeness (QED) is 0.538. The van der Waals surface area contributed by atoms with Gasteiger partial charge in [0.05, 0.1) is 6.21 Å². The number of amides is 1. The maximum atomic E-state index is 12.1. The molecule has 2 aromatic carbocycles. The lowest BCUT2D eigenvalue weighted by Crippen LogP contribution is -2.16. The van der Waals surface area contributed by atoms with Gasteiger partial charge in [0.15, 0.2) is 5.76 Å². The number of hydrogen-bond donors (Lipinski definition) is 1. The molecule has 0 bridgehead atoms. The smallest absolute Gasteiger partial charge is 0.307 e. The Kier molecular flexibility index (Phi) is 4.67. The Morgan fingerprint density at radius 1 is 1.17 bits per heavy atom. The molecule has 24 heavy (non-hydrogen) atoms. The van der Waals surface area contributed by atoms with Crippen molar-refractivity contribution >= 4 is 34.7 Å². The zero-order valence-electron chi connectivity index (χ0n) is 13.4. The van der Waals surface area contributed by atoms with Gasteiger partial charge in [-0.25, -0.2) is 5.43 Å². The number of fused-ring (bicyclic) bond motifs is 1. The molecule has 0 aliphatic rings. The van der Waals surface area contributed by atoms with Crippen LogP contribution in [-0.4, -0.2) is 12.1 Å². The first kappa shape index (κ1) is 16.3. The molecule has 4 nitrogen and oxygen atoms in total. The molecule has 3 aromatic rings. The molecule has 5 heteroatoms. The van der Waals surface area contributed by atoms with Crippen molar-refractivity contribution in [3.8, 4) is 0 Å². The number of hydrogen-bond acceptors (Lipinski definition) is 3. The molecular formula is C19H17ClN2O2. The van der Waals surface area contributed by atoms with Crippen LogP contribution in [0.5, 0.6) is 0 Å². The topological polar surface area (TPSA) is 54.6 Å². The van der Waals surface area contributed by atoms with E-state index in [4.69, 9.17) is 16.0 Å². The number of carbonyl (C=O) groups is 1. The summed E-state index contributed by atoms with van der Waals surface area (Å²) < 4.78 is 5.49. The number of rotatable bonds is 4. The van der Waals surface area contributed by atoms with Crippen molar-refractivity contribution in [3.05, 3.63) is 70.4 Å². The van der Waals surface area contributed by atoms with Crippen LogP contribution in [0.15, 0.2) is 58.0 Å². The van der Waals surface area contributed by atoms with E-state index in [1.165, 1.54) is 5.56 Å². The van der Waals surface area contributed by atoms with Gasteiger partial charge in [0, 0.05) is 10.4 Å². The molecule has 0 unspecified atom stereocenters. The van der Waals surface area contributed by atoms with E-state index >= 15 is 0 Å². The van der Waals surface area contributed by atoms with Crippen LogP contribution >= 0.6 is 11.6 Å². The maximum Gasteiger partial charge on any atom is 0.307 e. The molecule has 1 N–H and O–H groups in total. The van der Waals surface area contributed by atoms with Gasteiger partial charge in [-0.05, 0) is 41.3 Å². The van der Waals surface area contributed by atoms with Gasteiger partial charge < -0.3 is 4.42 Å². The van der Waals surface area contributed by atoms with Crippen LogP contribution in [0.1, 0.15) is 41.4 Å². The second kappa shape index (κ2) is 6.89. The Morgan fingerprint density at radius 3 is 2.62 bits per heavy atom. The van der Waals surface area contributed by atoms with E-state index in [2.05, 4.69) is 36.5 Å². The minimum absolute atomic E-state index is 0.194. The Hall–Kier alpha value is -2.59. The maximum absolute atomic E-state index is 12.1. The second-order valence-electron chi connectivity index (χ2n) is 5.81. The van der Waals surface area contributed by atoms with Crippen molar-refractivity contribution in [2.45, 2.75) is 19.8 Å². The lowest BCUT2D eigenvalue weighted by molar-refractivity contribution is 0.0929. The highest BCUT2D eigenvalue weighted by atomic mass is 35.5. The minimum atomic E-state index is -0.405. The molecule has 0 aliphatic carbocycles. The van der Waals surface area contributed by atoms with E-state index in [0.717, 1.165) is 10.9 Å². The Bertz CT molecular complexity index is 895. The summed E-state index contributed by atoms with van der Waals surface area (Å²) in [5, 5.41) is 5.34. The van der Waals surface area contributed by atoms with Crippen LogP contribution in [0.25, 0.3) is 11.0 Å². The molecule has 0 radical (unpaired) electrons. The largest absolute Gasteiger partial charge is 0.451 e. The van der Waals surface area contributed by atoms with Crippen molar-refractivity contribution < 1.29 is 9.21 Å². The van der Waals surface area contributed by atoms with E-state index < -0.39 is 5.91 Å². The van der Waals surface area contributed by atoms with Crippen molar-refractivity contribution in [3.63, 3.8) is 0 Å². The van der Waals surface area contributed by atoms with Crippen LogP contribution in [-0.2, 0) is 0 Å². The predicted molar refractivity (Wildman–Crippen MR) is 96.8 cm³/mol. The molecule has 122 valence electrons. The summed E-state index contributed by atoms with van der Waals surface area (Å²) in [6.45, 7) is 4.29.